The Labute approximate surface area is 81.8 Å². The van der Waals surface area contributed by atoms with Crippen LogP contribution < -0.4 is 0 Å². The van der Waals surface area contributed by atoms with Crippen LogP contribution in [0.1, 0.15) is 51.9 Å². The fourth-order valence-corrected chi connectivity index (χ4v) is 1.86. The topological polar surface area (TPSA) is 27.1 Å². The molecule has 1 rings (SSSR count). The van der Waals surface area contributed by atoms with E-state index in [1.807, 2.05) is 0 Å². The lowest BCUT2D eigenvalue weighted by Crippen LogP contribution is -2.34. The molecule has 2 nitrogen and oxygen atoms in total. The van der Waals surface area contributed by atoms with Crippen LogP contribution in [0.2, 0.25) is 0 Å². The minimum Gasteiger partial charge on any atom is -0.361 e. The van der Waals surface area contributed by atoms with Gasteiger partial charge in [0.1, 0.15) is 0 Å². The molecule has 0 aromatic carbocycles. The number of likely N-dealkylation sites (tertiary alicyclic amines) is 1. The average molecular weight is 182 g/mol. The number of amidine groups is 1. The van der Waals surface area contributed by atoms with Crippen molar-refractivity contribution in [2.45, 2.75) is 51.9 Å². The fourth-order valence-electron chi connectivity index (χ4n) is 1.86. The SMILES string of the molecule is CCCCCC(=N)N1CCCCC1. The molecule has 0 bridgehead atoms. The Morgan fingerprint density at radius 1 is 1.15 bits per heavy atom. The second-order valence-electron chi connectivity index (χ2n) is 3.95. The van der Waals surface area contributed by atoms with Crippen LogP contribution in [-0.2, 0) is 0 Å². The zero-order valence-electron chi connectivity index (χ0n) is 8.81. The standard InChI is InChI=1S/C11H22N2/c1-2-3-5-8-11(12)13-9-6-4-7-10-13/h12H,2-10H2,1H3. The van der Waals surface area contributed by atoms with E-state index < -0.39 is 0 Å². The predicted molar refractivity (Wildman–Crippen MR) is 57.3 cm³/mol. The zero-order valence-corrected chi connectivity index (χ0v) is 8.81. The molecule has 1 aliphatic heterocycles. The van der Waals surface area contributed by atoms with Gasteiger partial charge in [0.15, 0.2) is 0 Å². The molecule has 0 amide bonds. The highest BCUT2D eigenvalue weighted by Crippen LogP contribution is 2.11. The van der Waals surface area contributed by atoms with Crippen LogP contribution in [0, 0.1) is 5.41 Å². The minimum absolute atomic E-state index is 0.883. The maximum atomic E-state index is 7.89. The summed E-state index contributed by atoms with van der Waals surface area (Å²) in [5, 5.41) is 7.89. The highest BCUT2D eigenvalue weighted by Gasteiger charge is 2.12. The van der Waals surface area contributed by atoms with Gasteiger partial charge in [0.2, 0.25) is 0 Å². The highest BCUT2D eigenvalue weighted by atomic mass is 15.2. The summed E-state index contributed by atoms with van der Waals surface area (Å²) in [4.78, 5) is 2.26. The largest absolute Gasteiger partial charge is 0.361 e. The summed E-state index contributed by atoms with van der Waals surface area (Å²) >= 11 is 0. The second-order valence-corrected chi connectivity index (χ2v) is 3.95. The number of unbranched alkanes of at least 4 members (excludes halogenated alkanes) is 2. The van der Waals surface area contributed by atoms with Crippen molar-refractivity contribution >= 4 is 5.84 Å². The Hall–Kier alpha value is -0.530. The Morgan fingerprint density at radius 2 is 1.85 bits per heavy atom. The summed E-state index contributed by atoms with van der Waals surface area (Å²) < 4.78 is 0. The maximum Gasteiger partial charge on any atom is 0.0957 e. The number of nitrogens with zero attached hydrogens (tertiary/aromatic N) is 1. The van der Waals surface area contributed by atoms with Gasteiger partial charge in [0.25, 0.3) is 0 Å². The van der Waals surface area contributed by atoms with E-state index in [1.54, 1.807) is 0 Å². The molecule has 0 spiro atoms. The molecule has 0 atom stereocenters. The van der Waals surface area contributed by atoms with Gasteiger partial charge >= 0.3 is 0 Å². The number of nitrogens with one attached hydrogen (secondary N) is 1. The van der Waals surface area contributed by atoms with Crippen LogP contribution in [-0.4, -0.2) is 23.8 Å². The van der Waals surface area contributed by atoms with Crippen molar-refractivity contribution in [1.82, 2.24) is 4.90 Å². The van der Waals surface area contributed by atoms with Gasteiger partial charge in [-0.1, -0.05) is 19.8 Å². The third-order valence-corrected chi connectivity index (χ3v) is 2.75. The first-order valence-corrected chi connectivity index (χ1v) is 5.67. The van der Waals surface area contributed by atoms with E-state index >= 15 is 0 Å². The predicted octanol–water partition coefficient (Wildman–Crippen LogP) is 3.03. The molecule has 1 aliphatic rings. The van der Waals surface area contributed by atoms with Crippen LogP contribution in [0.5, 0.6) is 0 Å². The van der Waals surface area contributed by atoms with E-state index in [4.69, 9.17) is 5.41 Å². The summed E-state index contributed by atoms with van der Waals surface area (Å²) in [6, 6.07) is 0. The molecule has 1 fully saturated rings. The van der Waals surface area contributed by atoms with Gasteiger partial charge in [0, 0.05) is 19.5 Å². The minimum atomic E-state index is 0.883. The van der Waals surface area contributed by atoms with Crippen LogP contribution in [0.15, 0.2) is 0 Å². The molecule has 1 N–H and O–H groups in total. The lowest BCUT2D eigenvalue weighted by atomic mass is 10.1. The van der Waals surface area contributed by atoms with E-state index in [0.29, 0.717) is 0 Å². The van der Waals surface area contributed by atoms with Gasteiger partial charge in [-0.05, 0) is 25.7 Å². The highest BCUT2D eigenvalue weighted by molar-refractivity contribution is 5.79. The molecule has 0 unspecified atom stereocenters. The van der Waals surface area contributed by atoms with Crippen molar-refractivity contribution in [1.29, 1.82) is 5.41 Å². The van der Waals surface area contributed by atoms with Gasteiger partial charge in [-0.2, -0.15) is 0 Å². The monoisotopic (exact) mass is 182 g/mol. The Bertz CT molecular complexity index is 148. The van der Waals surface area contributed by atoms with Crippen molar-refractivity contribution in [3.05, 3.63) is 0 Å². The number of piperidine rings is 1. The lowest BCUT2D eigenvalue weighted by molar-refractivity contribution is 0.333. The first-order valence-electron chi connectivity index (χ1n) is 5.67. The molecule has 1 saturated heterocycles. The van der Waals surface area contributed by atoms with Gasteiger partial charge in [-0.25, -0.2) is 0 Å². The molecule has 0 aliphatic carbocycles. The normalized spacial score (nSPS) is 17.5. The number of hydrogen-bond donors (Lipinski definition) is 1. The van der Waals surface area contributed by atoms with E-state index in [1.165, 1.54) is 38.5 Å². The van der Waals surface area contributed by atoms with E-state index in [2.05, 4.69) is 11.8 Å². The Kier molecular flexibility index (Phi) is 4.87. The van der Waals surface area contributed by atoms with Crippen LogP contribution in [0.3, 0.4) is 0 Å². The third-order valence-electron chi connectivity index (χ3n) is 2.75. The summed E-state index contributed by atoms with van der Waals surface area (Å²) in [6.07, 6.45) is 8.66. The second kappa shape index (κ2) is 6.01. The van der Waals surface area contributed by atoms with Crippen molar-refractivity contribution < 1.29 is 0 Å². The molecule has 13 heavy (non-hydrogen) atoms. The Morgan fingerprint density at radius 3 is 2.46 bits per heavy atom. The smallest absolute Gasteiger partial charge is 0.0957 e. The summed E-state index contributed by atoms with van der Waals surface area (Å²) in [5.41, 5.74) is 0. The molecular formula is C11H22N2. The van der Waals surface area contributed by atoms with E-state index in [9.17, 15) is 0 Å². The summed E-state index contributed by atoms with van der Waals surface area (Å²) in [6.45, 7) is 4.47. The molecule has 0 aromatic heterocycles. The molecule has 0 saturated carbocycles. The van der Waals surface area contributed by atoms with Crippen molar-refractivity contribution in [2.75, 3.05) is 13.1 Å². The molecule has 0 aromatic rings. The molecule has 76 valence electrons. The molecule has 0 radical (unpaired) electrons. The maximum absolute atomic E-state index is 7.89. The molecule has 2 heteroatoms. The summed E-state index contributed by atoms with van der Waals surface area (Å²) in [7, 11) is 0. The first-order chi connectivity index (χ1) is 6.34. The molecular weight excluding hydrogens is 160 g/mol. The first kappa shape index (κ1) is 10.6. The van der Waals surface area contributed by atoms with E-state index in [0.717, 1.165) is 25.3 Å². The summed E-state index contributed by atoms with van der Waals surface area (Å²) in [5.74, 6) is 0.883. The van der Waals surface area contributed by atoms with Gasteiger partial charge in [0.05, 0.1) is 5.84 Å². The van der Waals surface area contributed by atoms with Gasteiger partial charge in [-0.15, -0.1) is 0 Å². The molecule has 1 heterocycles. The average Bonchev–Trinajstić information content (AvgIpc) is 2.19. The number of rotatable bonds is 4. The third kappa shape index (κ3) is 3.79. The van der Waals surface area contributed by atoms with Crippen molar-refractivity contribution in [2.24, 2.45) is 0 Å². The Balaban J connectivity index is 2.13. The van der Waals surface area contributed by atoms with E-state index in [-0.39, 0.29) is 0 Å². The quantitative estimate of drug-likeness (QED) is 0.404. The van der Waals surface area contributed by atoms with Gasteiger partial charge < -0.3 is 4.90 Å². The van der Waals surface area contributed by atoms with Crippen molar-refractivity contribution in [3.8, 4) is 0 Å². The van der Waals surface area contributed by atoms with Crippen LogP contribution in [0.25, 0.3) is 0 Å². The lowest BCUT2D eigenvalue weighted by Gasteiger charge is -2.29. The van der Waals surface area contributed by atoms with Crippen LogP contribution in [0.4, 0.5) is 0 Å². The van der Waals surface area contributed by atoms with Crippen LogP contribution >= 0.6 is 0 Å². The van der Waals surface area contributed by atoms with Gasteiger partial charge in [-0.3, -0.25) is 5.41 Å². The fraction of sp³-hybridized carbons (Fsp3) is 0.909. The zero-order chi connectivity index (χ0) is 9.52. The van der Waals surface area contributed by atoms with Crippen molar-refractivity contribution in [3.63, 3.8) is 0 Å². The number of hydrogen-bond acceptors (Lipinski definition) is 1.